The minimum atomic E-state index is 0.761. The van der Waals surface area contributed by atoms with Crippen LogP contribution < -0.4 is 4.74 Å². The molecule has 0 saturated carbocycles. The molecule has 0 aromatic carbocycles. The lowest BCUT2D eigenvalue weighted by Gasteiger charge is -2.05. The Kier molecular flexibility index (Phi) is 2.67. The Labute approximate surface area is 88.6 Å². The van der Waals surface area contributed by atoms with E-state index in [2.05, 4.69) is 16.9 Å². The molecule has 0 aliphatic heterocycles. The molecule has 0 atom stereocenters. The molecule has 0 saturated heterocycles. The van der Waals surface area contributed by atoms with Crippen molar-refractivity contribution in [1.29, 1.82) is 0 Å². The SMILES string of the molecule is CCc1nccn1-c1ccc(OC)cn1. The zero-order chi connectivity index (χ0) is 10.7. The number of imidazole rings is 1. The van der Waals surface area contributed by atoms with E-state index < -0.39 is 0 Å². The van der Waals surface area contributed by atoms with Crippen molar-refractivity contribution in [2.24, 2.45) is 0 Å². The molecule has 0 aliphatic carbocycles. The zero-order valence-electron chi connectivity index (χ0n) is 8.84. The Morgan fingerprint density at radius 3 is 2.80 bits per heavy atom. The molecule has 0 radical (unpaired) electrons. The van der Waals surface area contributed by atoms with E-state index in [1.807, 2.05) is 22.9 Å². The average Bonchev–Trinajstić information content (AvgIpc) is 2.77. The normalized spacial score (nSPS) is 10.3. The van der Waals surface area contributed by atoms with Gasteiger partial charge in [-0.05, 0) is 12.1 Å². The summed E-state index contributed by atoms with van der Waals surface area (Å²) in [6.07, 6.45) is 6.29. The van der Waals surface area contributed by atoms with E-state index in [9.17, 15) is 0 Å². The smallest absolute Gasteiger partial charge is 0.138 e. The maximum atomic E-state index is 5.06. The molecule has 2 aromatic rings. The van der Waals surface area contributed by atoms with E-state index in [0.29, 0.717) is 0 Å². The van der Waals surface area contributed by atoms with Gasteiger partial charge < -0.3 is 4.74 Å². The van der Waals surface area contributed by atoms with Crippen LogP contribution in [0.15, 0.2) is 30.7 Å². The third-order valence-corrected chi connectivity index (χ3v) is 2.24. The summed E-state index contributed by atoms with van der Waals surface area (Å²) in [5.41, 5.74) is 0. The Bertz CT molecular complexity index is 433. The monoisotopic (exact) mass is 203 g/mol. The van der Waals surface area contributed by atoms with Crippen molar-refractivity contribution in [3.05, 3.63) is 36.5 Å². The fourth-order valence-corrected chi connectivity index (χ4v) is 1.44. The van der Waals surface area contributed by atoms with Crippen LogP contribution in [0.3, 0.4) is 0 Å². The molecule has 0 N–H and O–H groups in total. The second kappa shape index (κ2) is 4.13. The molecule has 0 fully saturated rings. The van der Waals surface area contributed by atoms with E-state index in [4.69, 9.17) is 4.74 Å². The Morgan fingerprint density at radius 1 is 1.33 bits per heavy atom. The third kappa shape index (κ3) is 1.83. The van der Waals surface area contributed by atoms with Crippen molar-refractivity contribution in [2.45, 2.75) is 13.3 Å². The van der Waals surface area contributed by atoms with E-state index in [1.54, 1.807) is 19.5 Å². The van der Waals surface area contributed by atoms with Crippen molar-refractivity contribution in [2.75, 3.05) is 7.11 Å². The topological polar surface area (TPSA) is 39.9 Å². The van der Waals surface area contributed by atoms with Gasteiger partial charge in [0, 0.05) is 18.8 Å². The number of aryl methyl sites for hydroxylation is 1. The molecule has 0 aliphatic rings. The highest BCUT2D eigenvalue weighted by molar-refractivity contribution is 5.29. The number of rotatable bonds is 3. The van der Waals surface area contributed by atoms with Crippen molar-refractivity contribution in [3.8, 4) is 11.6 Å². The Morgan fingerprint density at radius 2 is 2.20 bits per heavy atom. The Hall–Kier alpha value is -1.84. The van der Waals surface area contributed by atoms with E-state index in [0.717, 1.165) is 23.8 Å². The zero-order valence-corrected chi connectivity index (χ0v) is 8.84. The standard InChI is InChI=1S/C11H13N3O/c1-3-10-12-6-7-14(10)11-5-4-9(15-2)8-13-11/h4-8H,3H2,1-2H3. The average molecular weight is 203 g/mol. The first-order chi connectivity index (χ1) is 7.35. The number of hydrogen-bond acceptors (Lipinski definition) is 3. The number of hydrogen-bond donors (Lipinski definition) is 0. The van der Waals surface area contributed by atoms with Crippen LogP contribution in [-0.4, -0.2) is 21.6 Å². The van der Waals surface area contributed by atoms with Crippen molar-refractivity contribution >= 4 is 0 Å². The summed E-state index contributed by atoms with van der Waals surface area (Å²) in [5.74, 6) is 2.63. The molecule has 0 bridgehead atoms. The van der Waals surface area contributed by atoms with Gasteiger partial charge in [-0.3, -0.25) is 4.57 Å². The van der Waals surface area contributed by atoms with Gasteiger partial charge in [-0.1, -0.05) is 6.92 Å². The minimum absolute atomic E-state index is 0.761. The van der Waals surface area contributed by atoms with Gasteiger partial charge in [0.05, 0.1) is 13.3 Å². The van der Waals surface area contributed by atoms with Gasteiger partial charge >= 0.3 is 0 Å². The molecule has 0 unspecified atom stereocenters. The highest BCUT2D eigenvalue weighted by atomic mass is 16.5. The summed E-state index contributed by atoms with van der Waals surface area (Å²) < 4.78 is 7.03. The first-order valence-corrected chi connectivity index (χ1v) is 4.87. The van der Waals surface area contributed by atoms with Crippen LogP contribution in [0.5, 0.6) is 5.75 Å². The molecule has 15 heavy (non-hydrogen) atoms. The van der Waals surface area contributed by atoms with E-state index in [1.165, 1.54) is 0 Å². The van der Waals surface area contributed by atoms with Crippen LogP contribution in [0.1, 0.15) is 12.7 Å². The first kappa shape index (κ1) is 9.71. The van der Waals surface area contributed by atoms with Crippen molar-refractivity contribution in [3.63, 3.8) is 0 Å². The summed E-state index contributed by atoms with van der Waals surface area (Å²) in [4.78, 5) is 8.54. The molecule has 4 nitrogen and oxygen atoms in total. The van der Waals surface area contributed by atoms with Crippen molar-refractivity contribution < 1.29 is 4.74 Å². The quantitative estimate of drug-likeness (QED) is 0.764. The summed E-state index contributed by atoms with van der Waals surface area (Å²) in [6, 6.07) is 3.81. The second-order valence-electron chi connectivity index (χ2n) is 3.12. The molecule has 2 rings (SSSR count). The largest absolute Gasteiger partial charge is 0.495 e. The Balaban J connectivity index is 2.37. The molecule has 2 aromatic heterocycles. The molecule has 78 valence electrons. The van der Waals surface area contributed by atoms with Gasteiger partial charge in [-0.15, -0.1) is 0 Å². The lowest BCUT2D eigenvalue weighted by atomic mass is 10.4. The molecule has 2 heterocycles. The summed E-state index contributed by atoms with van der Waals surface area (Å²) >= 11 is 0. The molecular weight excluding hydrogens is 190 g/mol. The fraction of sp³-hybridized carbons (Fsp3) is 0.273. The number of methoxy groups -OCH3 is 1. The fourth-order valence-electron chi connectivity index (χ4n) is 1.44. The van der Waals surface area contributed by atoms with Gasteiger partial charge in [0.1, 0.15) is 17.4 Å². The second-order valence-corrected chi connectivity index (χ2v) is 3.12. The highest BCUT2D eigenvalue weighted by Crippen LogP contribution is 2.12. The summed E-state index contributed by atoms with van der Waals surface area (Å²) in [5, 5.41) is 0. The van der Waals surface area contributed by atoms with Crippen LogP contribution in [0.2, 0.25) is 0 Å². The van der Waals surface area contributed by atoms with Gasteiger partial charge in [0.2, 0.25) is 0 Å². The van der Waals surface area contributed by atoms with Crippen LogP contribution in [0.4, 0.5) is 0 Å². The number of aromatic nitrogens is 3. The first-order valence-electron chi connectivity index (χ1n) is 4.87. The maximum absolute atomic E-state index is 5.06. The number of nitrogens with zero attached hydrogens (tertiary/aromatic N) is 3. The molecular formula is C11H13N3O. The van der Waals surface area contributed by atoms with Gasteiger partial charge in [0.25, 0.3) is 0 Å². The van der Waals surface area contributed by atoms with Crippen LogP contribution in [0.25, 0.3) is 5.82 Å². The summed E-state index contributed by atoms with van der Waals surface area (Å²) in [7, 11) is 1.63. The number of pyridine rings is 1. The van der Waals surface area contributed by atoms with E-state index in [-0.39, 0.29) is 0 Å². The molecule has 0 spiro atoms. The lowest BCUT2D eigenvalue weighted by molar-refractivity contribution is 0.412. The van der Waals surface area contributed by atoms with Gasteiger partial charge in [0.15, 0.2) is 0 Å². The molecule has 0 amide bonds. The maximum Gasteiger partial charge on any atom is 0.138 e. The molecule has 4 heteroatoms. The van der Waals surface area contributed by atoms with Crippen LogP contribution in [-0.2, 0) is 6.42 Å². The van der Waals surface area contributed by atoms with Crippen LogP contribution in [0, 0.1) is 0 Å². The predicted molar refractivity (Wildman–Crippen MR) is 57.3 cm³/mol. The lowest BCUT2D eigenvalue weighted by Crippen LogP contribution is -2.01. The predicted octanol–water partition coefficient (Wildman–Crippen LogP) is 1.84. The highest BCUT2D eigenvalue weighted by Gasteiger charge is 2.03. The van der Waals surface area contributed by atoms with Crippen LogP contribution >= 0.6 is 0 Å². The van der Waals surface area contributed by atoms with Gasteiger partial charge in [-0.2, -0.15) is 0 Å². The van der Waals surface area contributed by atoms with Crippen molar-refractivity contribution in [1.82, 2.24) is 14.5 Å². The van der Waals surface area contributed by atoms with E-state index >= 15 is 0 Å². The van der Waals surface area contributed by atoms with Gasteiger partial charge in [-0.25, -0.2) is 9.97 Å². The number of ether oxygens (including phenoxy) is 1. The summed E-state index contributed by atoms with van der Waals surface area (Å²) in [6.45, 7) is 2.07. The third-order valence-electron chi connectivity index (χ3n) is 2.24. The minimum Gasteiger partial charge on any atom is -0.495 e.